The van der Waals surface area contributed by atoms with Crippen LogP contribution in [0.4, 0.5) is 5.69 Å². The molecule has 0 unspecified atom stereocenters. The molecule has 0 saturated carbocycles. The van der Waals surface area contributed by atoms with E-state index in [-0.39, 0.29) is 18.1 Å². The Morgan fingerprint density at radius 3 is 2.62 bits per heavy atom. The van der Waals surface area contributed by atoms with Crippen LogP contribution in [0.25, 0.3) is 10.6 Å². The molecule has 0 bridgehead atoms. The summed E-state index contributed by atoms with van der Waals surface area (Å²) in [5, 5.41) is 12.0. The molecule has 6 nitrogen and oxygen atoms in total. The molecule has 8 heteroatoms. The molecule has 0 radical (unpaired) electrons. The summed E-state index contributed by atoms with van der Waals surface area (Å²) in [5.41, 5.74) is 3.15. The second kappa shape index (κ2) is 6.59. The van der Waals surface area contributed by atoms with Gasteiger partial charge in [-0.25, -0.2) is 8.42 Å². The molecule has 0 spiro atoms. The summed E-state index contributed by atoms with van der Waals surface area (Å²) >= 11 is 1.42. The van der Waals surface area contributed by atoms with Crippen molar-refractivity contribution >= 4 is 32.8 Å². The van der Waals surface area contributed by atoms with Gasteiger partial charge in [-0.15, -0.1) is 10.2 Å². The fourth-order valence-electron chi connectivity index (χ4n) is 1.54. The van der Waals surface area contributed by atoms with E-state index in [9.17, 15) is 13.2 Å². The van der Waals surface area contributed by atoms with E-state index >= 15 is 0 Å². The lowest BCUT2D eigenvalue weighted by Crippen LogP contribution is -2.16. The number of sulfone groups is 1. The van der Waals surface area contributed by atoms with Gasteiger partial charge in [-0.2, -0.15) is 0 Å². The van der Waals surface area contributed by atoms with E-state index in [1.54, 1.807) is 17.6 Å². The van der Waals surface area contributed by atoms with E-state index < -0.39 is 9.84 Å². The Hall–Kier alpha value is -2.06. The molecule has 1 aromatic carbocycles. The van der Waals surface area contributed by atoms with Crippen LogP contribution in [0.2, 0.25) is 0 Å². The summed E-state index contributed by atoms with van der Waals surface area (Å²) in [6, 6.07) is 7.10. The molecule has 0 atom stereocenters. The Labute approximate surface area is 126 Å². The van der Waals surface area contributed by atoms with E-state index in [4.69, 9.17) is 0 Å². The van der Waals surface area contributed by atoms with E-state index in [1.165, 1.54) is 11.3 Å². The van der Waals surface area contributed by atoms with Gasteiger partial charge in [0.05, 0.1) is 5.75 Å². The maximum atomic E-state index is 11.7. The maximum Gasteiger partial charge on any atom is 0.225 e. The van der Waals surface area contributed by atoms with Crippen molar-refractivity contribution in [1.29, 1.82) is 0 Å². The van der Waals surface area contributed by atoms with Crippen LogP contribution in [-0.4, -0.2) is 30.3 Å². The Bertz CT molecular complexity index is 723. The molecule has 0 saturated heterocycles. The average Bonchev–Trinajstić information content (AvgIpc) is 3.00. The second-order valence-corrected chi connectivity index (χ2v) is 7.05. The number of aromatic nitrogens is 2. The van der Waals surface area contributed by atoms with Gasteiger partial charge in [-0.3, -0.25) is 4.79 Å². The zero-order valence-electron chi connectivity index (χ0n) is 11.0. The zero-order valence-corrected chi connectivity index (χ0v) is 12.7. The van der Waals surface area contributed by atoms with Gasteiger partial charge in [0.1, 0.15) is 10.5 Å². The van der Waals surface area contributed by atoms with Gasteiger partial charge in [0.15, 0.2) is 9.84 Å². The van der Waals surface area contributed by atoms with Gasteiger partial charge in [0, 0.05) is 23.1 Å². The summed E-state index contributed by atoms with van der Waals surface area (Å²) in [5.74, 6) is -0.602. The lowest BCUT2D eigenvalue weighted by Gasteiger charge is -2.05. The predicted octanol–water partition coefficient (Wildman–Crippen LogP) is 2.09. The first-order valence-corrected chi connectivity index (χ1v) is 8.61. The Balaban J connectivity index is 1.94. The summed E-state index contributed by atoms with van der Waals surface area (Å²) in [6.07, 6.45) is -0.105. The monoisotopic (exact) mass is 323 g/mol. The van der Waals surface area contributed by atoms with Crippen LogP contribution in [0, 0.1) is 0 Å². The van der Waals surface area contributed by atoms with Gasteiger partial charge in [0.2, 0.25) is 5.91 Å². The predicted molar refractivity (Wildman–Crippen MR) is 82.6 cm³/mol. The lowest BCUT2D eigenvalue weighted by molar-refractivity contribution is -0.115. The molecule has 0 fully saturated rings. The number of carbonyl (C=O) groups is 1. The number of nitrogens with one attached hydrogen (secondary N) is 1. The fraction of sp³-hybridized carbons (Fsp3) is 0.154. The number of amides is 1. The third kappa shape index (κ3) is 4.47. The SMILES string of the molecule is C=CS(=O)(=O)CCC(=O)Nc1ccc(-c2nncs2)cc1. The third-order valence-electron chi connectivity index (χ3n) is 2.64. The molecule has 110 valence electrons. The summed E-state index contributed by atoms with van der Waals surface area (Å²) in [4.78, 5) is 11.7. The van der Waals surface area contributed by atoms with Gasteiger partial charge < -0.3 is 5.32 Å². The third-order valence-corrected chi connectivity index (χ3v) is 4.66. The summed E-state index contributed by atoms with van der Waals surface area (Å²) in [6.45, 7) is 3.20. The number of hydrogen-bond donors (Lipinski definition) is 1. The first-order chi connectivity index (χ1) is 10.00. The average molecular weight is 323 g/mol. The highest BCUT2D eigenvalue weighted by Crippen LogP contribution is 2.22. The van der Waals surface area contributed by atoms with Gasteiger partial charge in [0.25, 0.3) is 0 Å². The van der Waals surface area contributed by atoms with Crippen LogP contribution in [0.1, 0.15) is 6.42 Å². The highest BCUT2D eigenvalue weighted by molar-refractivity contribution is 7.94. The largest absolute Gasteiger partial charge is 0.326 e. The molecule has 21 heavy (non-hydrogen) atoms. The highest BCUT2D eigenvalue weighted by atomic mass is 32.2. The normalized spacial score (nSPS) is 11.0. The minimum atomic E-state index is -3.35. The molecule has 0 aliphatic carbocycles. The topological polar surface area (TPSA) is 89.0 Å². The van der Waals surface area contributed by atoms with Crippen LogP contribution in [0.5, 0.6) is 0 Å². The molecule has 2 aromatic rings. The van der Waals surface area contributed by atoms with Crippen molar-refractivity contribution in [2.45, 2.75) is 6.42 Å². The van der Waals surface area contributed by atoms with Crippen molar-refractivity contribution in [2.24, 2.45) is 0 Å². The summed E-state index contributed by atoms with van der Waals surface area (Å²) in [7, 11) is -3.35. The molecular formula is C13H13N3O3S2. The van der Waals surface area contributed by atoms with Crippen molar-refractivity contribution in [2.75, 3.05) is 11.1 Å². The minimum absolute atomic E-state index is 0.105. The quantitative estimate of drug-likeness (QED) is 0.879. The van der Waals surface area contributed by atoms with Crippen molar-refractivity contribution in [3.05, 3.63) is 41.8 Å². The molecule has 0 aliphatic rings. The number of carbonyl (C=O) groups excluding carboxylic acids is 1. The Morgan fingerprint density at radius 1 is 1.33 bits per heavy atom. The van der Waals surface area contributed by atoms with Crippen LogP contribution in [-0.2, 0) is 14.6 Å². The molecule has 1 aromatic heterocycles. The molecule has 2 rings (SSSR count). The Morgan fingerprint density at radius 2 is 2.05 bits per heavy atom. The van der Waals surface area contributed by atoms with E-state index in [0.717, 1.165) is 16.0 Å². The molecule has 1 heterocycles. The number of hydrogen-bond acceptors (Lipinski definition) is 6. The summed E-state index contributed by atoms with van der Waals surface area (Å²) < 4.78 is 22.4. The first-order valence-electron chi connectivity index (χ1n) is 6.02. The smallest absolute Gasteiger partial charge is 0.225 e. The maximum absolute atomic E-state index is 11.7. The second-order valence-electron chi connectivity index (χ2n) is 4.15. The number of anilines is 1. The van der Waals surface area contributed by atoms with E-state index in [1.807, 2.05) is 12.1 Å². The van der Waals surface area contributed by atoms with Crippen molar-refractivity contribution in [3.8, 4) is 10.6 Å². The van der Waals surface area contributed by atoms with Crippen LogP contribution in [0.15, 0.2) is 41.8 Å². The first kappa shape index (κ1) is 15.3. The highest BCUT2D eigenvalue weighted by Gasteiger charge is 2.10. The minimum Gasteiger partial charge on any atom is -0.326 e. The lowest BCUT2D eigenvalue weighted by atomic mass is 10.2. The molecular weight excluding hydrogens is 310 g/mol. The van der Waals surface area contributed by atoms with Gasteiger partial charge in [-0.1, -0.05) is 17.9 Å². The number of nitrogens with zero attached hydrogens (tertiary/aromatic N) is 2. The standard InChI is InChI=1S/C13H13N3O3S2/c1-2-21(18,19)8-7-12(17)15-11-5-3-10(4-6-11)13-16-14-9-20-13/h2-6,9H,1,7-8H2,(H,15,17). The molecule has 0 aliphatic heterocycles. The van der Waals surface area contributed by atoms with Gasteiger partial charge >= 0.3 is 0 Å². The van der Waals surface area contributed by atoms with Crippen LogP contribution < -0.4 is 5.32 Å². The van der Waals surface area contributed by atoms with E-state index in [0.29, 0.717) is 5.69 Å². The van der Waals surface area contributed by atoms with Crippen molar-refractivity contribution in [1.82, 2.24) is 10.2 Å². The number of rotatable bonds is 6. The number of benzene rings is 1. The van der Waals surface area contributed by atoms with Crippen molar-refractivity contribution < 1.29 is 13.2 Å². The van der Waals surface area contributed by atoms with Gasteiger partial charge in [-0.05, 0) is 24.3 Å². The van der Waals surface area contributed by atoms with Crippen molar-refractivity contribution in [3.63, 3.8) is 0 Å². The molecule has 1 N–H and O–H groups in total. The molecule has 1 amide bonds. The van der Waals surface area contributed by atoms with Crippen LogP contribution >= 0.6 is 11.3 Å². The van der Waals surface area contributed by atoms with Crippen LogP contribution in [0.3, 0.4) is 0 Å². The fourth-order valence-corrected chi connectivity index (χ4v) is 2.73. The zero-order chi connectivity index (χ0) is 15.3. The van der Waals surface area contributed by atoms with E-state index in [2.05, 4.69) is 22.1 Å². The Kier molecular flexibility index (Phi) is 4.81.